The van der Waals surface area contributed by atoms with E-state index in [0.717, 1.165) is 43.4 Å². The van der Waals surface area contributed by atoms with Gasteiger partial charge >= 0.3 is 5.97 Å². The van der Waals surface area contributed by atoms with Gasteiger partial charge < -0.3 is 4.74 Å². The number of carbonyl (C=O) groups is 1. The molecular weight excluding hydrogens is 425 g/mol. The minimum absolute atomic E-state index is 0.0499. The number of hydrogen-bond acceptors (Lipinski definition) is 3. The van der Waals surface area contributed by atoms with Crippen LogP contribution in [0.3, 0.4) is 0 Å². The van der Waals surface area contributed by atoms with Gasteiger partial charge in [0.25, 0.3) is 0 Å². The molecule has 1 aromatic carbocycles. The molecule has 0 unspecified atom stereocenters. The summed E-state index contributed by atoms with van der Waals surface area (Å²) in [4.78, 5) is 16.3. The smallest absolute Gasteiger partial charge is 0.302 e. The highest BCUT2D eigenvalue weighted by Gasteiger charge is 2.57. The molecule has 3 nitrogen and oxygen atoms in total. The van der Waals surface area contributed by atoms with Crippen LogP contribution in [-0.2, 0) is 21.4 Å². The lowest BCUT2D eigenvalue weighted by atomic mass is 9.47. The maximum absolute atomic E-state index is 13.4. The number of allylic oxidation sites excluding steroid dienone is 1. The zero-order chi connectivity index (χ0) is 23.7. The van der Waals surface area contributed by atoms with Crippen LogP contribution < -0.4 is 0 Å². The first-order valence-corrected chi connectivity index (χ1v) is 12.9. The first-order chi connectivity index (χ1) is 16.3. The summed E-state index contributed by atoms with van der Waals surface area (Å²) in [5.41, 5.74) is 6.72. The minimum Gasteiger partial charge on any atom is -0.462 e. The first kappa shape index (κ1) is 22.0. The molecule has 0 spiro atoms. The van der Waals surface area contributed by atoms with Crippen LogP contribution in [0.1, 0.15) is 70.4 Å². The summed E-state index contributed by atoms with van der Waals surface area (Å²) >= 11 is 0. The molecule has 0 aliphatic heterocycles. The van der Waals surface area contributed by atoms with E-state index in [1.807, 2.05) is 12.1 Å². The fourth-order valence-corrected chi connectivity index (χ4v) is 8.19. The van der Waals surface area contributed by atoms with Crippen LogP contribution in [0, 0.1) is 29.0 Å². The van der Waals surface area contributed by atoms with Crippen molar-refractivity contribution in [2.24, 2.45) is 23.2 Å². The van der Waals surface area contributed by atoms with E-state index in [-0.39, 0.29) is 28.7 Å². The molecule has 4 aliphatic rings. The number of carbonyl (C=O) groups excluding carboxylic acids is 1. The van der Waals surface area contributed by atoms with Gasteiger partial charge in [-0.3, -0.25) is 9.78 Å². The molecule has 0 radical (unpaired) electrons. The number of halogens is 1. The number of ether oxygens (including phenoxy) is 1. The van der Waals surface area contributed by atoms with Gasteiger partial charge in [0.2, 0.25) is 0 Å². The van der Waals surface area contributed by atoms with Crippen LogP contribution >= 0.6 is 0 Å². The molecule has 0 amide bonds. The van der Waals surface area contributed by atoms with Gasteiger partial charge in [0.15, 0.2) is 0 Å². The van der Waals surface area contributed by atoms with Crippen molar-refractivity contribution in [3.8, 4) is 11.3 Å². The molecule has 6 rings (SSSR count). The predicted molar refractivity (Wildman–Crippen MR) is 131 cm³/mol. The molecular formula is C30H34FNO2. The van der Waals surface area contributed by atoms with Crippen LogP contribution in [0.15, 0.2) is 48.2 Å². The Morgan fingerprint density at radius 1 is 1.06 bits per heavy atom. The van der Waals surface area contributed by atoms with Gasteiger partial charge in [-0.25, -0.2) is 4.39 Å². The molecule has 34 heavy (non-hydrogen) atoms. The highest BCUT2D eigenvalue weighted by molar-refractivity contribution is 5.66. The van der Waals surface area contributed by atoms with Crippen molar-refractivity contribution >= 4 is 5.97 Å². The fraction of sp³-hybridized carbons (Fsp3) is 0.533. The molecule has 0 N–H and O–H groups in total. The van der Waals surface area contributed by atoms with Crippen molar-refractivity contribution in [2.45, 2.75) is 77.2 Å². The normalized spacial score (nSPS) is 35.9. The van der Waals surface area contributed by atoms with E-state index in [9.17, 15) is 9.18 Å². The molecule has 4 aliphatic carbocycles. The van der Waals surface area contributed by atoms with Crippen LogP contribution in [-0.4, -0.2) is 17.1 Å². The van der Waals surface area contributed by atoms with E-state index < -0.39 is 0 Å². The lowest BCUT2D eigenvalue weighted by Crippen LogP contribution is -2.51. The minimum atomic E-state index is -0.213. The molecule has 1 heterocycles. The Balaban J connectivity index is 1.30. The molecule has 0 bridgehead atoms. The number of pyridine rings is 1. The van der Waals surface area contributed by atoms with Gasteiger partial charge in [0.05, 0.1) is 5.69 Å². The average molecular weight is 460 g/mol. The van der Waals surface area contributed by atoms with Crippen molar-refractivity contribution < 1.29 is 13.9 Å². The van der Waals surface area contributed by atoms with Gasteiger partial charge in [0.1, 0.15) is 11.9 Å². The second kappa shape index (κ2) is 7.76. The van der Waals surface area contributed by atoms with E-state index in [1.165, 1.54) is 48.6 Å². The second-order valence-electron chi connectivity index (χ2n) is 11.6. The Morgan fingerprint density at radius 2 is 1.82 bits per heavy atom. The second-order valence-corrected chi connectivity index (χ2v) is 11.6. The fourth-order valence-electron chi connectivity index (χ4n) is 8.19. The number of aromatic nitrogens is 1. The zero-order valence-corrected chi connectivity index (χ0v) is 20.4. The van der Waals surface area contributed by atoms with Crippen molar-refractivity contribution in [3.63, 3.8) is 0 Å². The van der Waals surface area contributed by atoms with Gasteiger partial charge in [-0.2, -0.15) is 0 Å². The number of nitrogens with zero attached hydrogens (tertiary/aromatic N) is 1. The third-order valence-corrected chi connectivity index (χ3v) is 9.96. The number of benzene rings is 1. The molecule has 178 valence electrons. The number of hydrogen-bond donors (Lipinski definition) is 0. The highest BCUT2D eigenvalue weighted by Crippen LogP contribution is 2.64. The van der Waals surface area contributed by atoms with E-state index in [1.54, 1.807) is 0 Å². The zero-order valence-electron chi connectivity index (χ0n) is 20.4. The lowest BCUT2D eigenvalue weighted by Gasteiger charge is -2.57. The average Bonchev–Trinajstić information content (AvgIpc) is 3.11. The Labute approximate surface area is 201 Å². The quantitative estimate of drug-likeness (QED) is 0.366. The molecule has 2 aromatic rings. The molecule has 4 heteroatoms. The van der Waals surface area contributed by atoms with Gasteiger partial charge in [0, 0.05) is 25.1 Å². The SMILES string of the molecule is CC(=O)O[C@H]1CC[C@@]2(C)C(=CC[C@@H]3[C@@H]2CC[C@]2(C)c4cc(-c5ccc(F)cc5)ncc4C[C@@H]32)C1. The predicted octanol–water partition coefficient (Wildman–Crippen LogP) is 6.80. The van der Waals surface area contributed by atoms with E-state index in [0.29, 0.717) is 17.8 Å². The lowest BCUT2D eigenvalue weighted by molar-refractivity contribution is -0.148. The summed E-state index contributed by atoms with van der Waals surface area (Å²) in [6.45, 7) is 6.49. The third kappa shape index (κ3) is 3.28. The number of esters is 1. The van der Waals surface area contributed by atoms with Crippen LogP contribution in [0.5, 0.6) is 0 Å². The third-order valence-electron chi connectivity index (χ3n) is 9.96. The Kier molecular flexibility index (Phi) is 5.02. The van der Waals surface area contributed by atoms with Crippen molar-refractivity contribution in [1.29, 1.82) is 0 Å². The summed E-state index contributed by atoms with van der Waals surface area (Å²) in [7, 11) is 0. The van der Waals surface area contributed by atoms with E-state index in [4.69, 9.17) is 9.72 Å². The van der Waals surface area contributed by atoms with Gasteiger partial charge in [-0.05, 0) is 109 Å². The van der Waals surface area contributed by atoms with Crippen molar-refractivity contribution in [2.75, 3.05) is 0 Å². The van der Waals surface area contributed by atoms with E-state index >= 15 is 0 Å². The van der Waals surface area contributed by atoms with Crippen LogP contribution in [0.2, 0.25) is 0 Å². The van der Waals surface area contributed by atoms with E-state index in [2.05, 4.69) is 32.2 Å². The van der Waals surface area contributed by atoms with Crippen LogP contribution in [0.25, 0.3) is 11.3 Å². The summed E-state index contributed by atoms with van der Waals surface area (Å²) in [6.07, 6.45) is 12.3. The number of fused-ring (bicyclic) bond motifs is 7. The van der Waals surface area contributed by atoms with Crippen LogP contribution in [0.4, 0.5) is 4.39 Å². The largest absolute Gasteiger partial charge is 0.462 e. The molecule has 0 saturated heterocycles. The summed E-state index contributed by atoms with van der Waals surface area (Å²) < 4.78 is 19.0. The molecule has 2 fully saturated rings. The Hall–Kier alpha value is -2.49. The molecule has 2 saturated carbocycles. The summed E-state index contributed by atoms with van der Waals surface area (Å²) in [5.74, 6) is 1.64. The monoisotopic (exact) mass is 459 g/mol. The Bertz CT molecular complexity index is 1170. The molecule has 6 atom stereocenters. The topological polar surface area (TPSA) is 39.2 Å². The summed E-state index contributed by atoms with van der Waals surface area (Å²) in [5, 5.41) is 0. The molecule has 1 aromatic heterocycles. The number of rotatable bonds is 2. The maximum Gasteiger partial charge on any atom is 0.302 e. The Morgan fingerprint density at radius 3 is 2.59 bits per heavy atom. The van der Waals surface area contributed by atoms with Gasteiger partial charge in [-0.15, -0.1) is 0 Å². The van der Waals surface area contributed by atoms with Crippen molar-refractivity contribution in [3.05, 3.63) is 65.1 Å². The standard InChI is InChI=1S/C30H34FNO2/c1-18(33)34-23-10-12-29(2)21(15-23)6-9-24-25(29)11-13-30(3)26-16-28(19-4-7-22(31)8-5-19)32-17-20(26)14-27(24)30/h4-8,16-17,23-25,27H,9-15H2,1-3H3/t23-,24+,25-,27-,29-,30+/m0/s1. The van der Waals surface area contributed by atoms with Gasteiger partial charge in [-0.1, -0.05) is 25.5 Å². The maximum atomic E-state index is 13.4. The van der Waals surface area contributed by atoms with Crippen molar-refractivity contribution in [1.82, 2.24) is 4.98 Å². The summed E-state index contributed by atoms with van der Waals surface area (Å²) in [6, 6.07) is 8.98. The highest BCUT2D eigenvalue weighted by atomic mass is 19.1. The first-order valence-electron chi connectivity index (χ1n) is 12.9.